The summed E-state index contributed by atoms with van der Waals surface area (Å²) in [4.78, 5) is 4.77. The fraction of sp³-hybridized carbons (Fsp3) is 0.268. The van der Waals surface area contributed by atoms with Crippen molar-refractivity contribution in [1.29, 1.82) is 0 Å². The second-order valence-electron chi connectivity index (χ2n) is 12.2. The summed E-state index contributed by atoms with van der Waals surface area (Å²) in [5, 5.41) is 0. The number of benzene rings is 5. The SMILES string of the molecule is CCCCOc1cc(C)c(N(c2ccc(C)cc2)c2ccc(N(c3ccc(C)cc3)c3c(C)cc(C)cc3C)cc2)c(C)c1. The third-order valence-electron chi connectivity index (χ3n) is 8.26. The van der Waals surface area contributed by atoms with Crippen molar-refractivity contribution in [2.24, 2.45) is 0 Å². The maximum absolute atomic E-state index is 6.11. The molecule has 3 heteroatoms. The van der Waals surface area contributed by atoms with Gasteiger partial charge in [-0.3, -0.25) is 0 Å². The summed E-state index contributed by atoms with van der Waals surface area (Å²) in [7, 11) is 0. The minimum atomic E-state index is 0.745. The van der Waals surface area contributed by atoms with Crippen molar-refractivity contribution in [2.75, 3.05) is 16.4 Å². The molecule has 0 heterocycles. The van der Waals surface area contributed by atoms with Crippen LogP contribution in [-0.2, 0) is 0 Å². The first-order valence-corrected chi connectivity index (χ1v) is 15.8. The van der Waals surface area contributed by atoms with E-state index in [-0.39, 0.29) is 0 Å². The summed E-state index contributed by atoms with van der Waals surface area (Å²) >= 11 is 0. The van der Waals surface area contributed by atoms with Crippen LogP contribution in [0.5, 0.6) is 5.75 Å². The van der Waals surface area contributed by atoms with Crippen LogP contribution in [0, 0.1) is 48.5 Å². The highest BCUT2D eigenvalue weighted by Crippen LogP contribution is 2.43. The van der Waals surface area contributed by atoms with Crippen molar-refractivity contribution in [3.8, 4) is 5.75 Å². The molecule has 0 bridgehead atoms. The monoisotopic (exact) mass is 582 g/mol. The maximum atomic E-state index is 6.11. The van der Waals surface area contributed by atoms with Crippen LogP contribution < -0.4 is 14.5 Å². The summed E-state index contributed by atoms with van der Waals surface area (Å²) in [6, 6.07) is 35.5. The van der Waals surface area contributed by atoms with Gasteiger partial charge in [0.25, 0.3) is 0 Å². The molecular formula is C41H46N2O. The lowest BCUT2D eigenvalue weighted by Gasteiger charge is -2.31. The number of hydrogen-bond acceptors (Lipinski definition) is 3. The Labute approximate surface area is 264 Å². The molecule has 3 nitrogen and oxygen atoms in total. The molecule has 0 aliphatic carbocycles. The molecule has 0 atom stereocenters. The van der Waals surface area contributed by atoms with Gasteiger partial charge in [0.05, 0.1) is 18.0 Å². The number of rotatable bonds is 10. The lowest BCUT2D eigenvalue weighted by Crippen LogP contribution is -2.15. The van der Waals surface area contributed by atoms with Crippen molar-refractivity contribution in [2.45, 2.75) is 68.2 Å². The van der Waals surface area contributed by atoms with Gasteiger partial charge in [-0.2, -0.15) is 0 Å². The van der Waals surface area contributed by atoms with E-state index in [1.54, 1.807) is 0 Å². The first-order valence-electron chi connectivity index (χ1n) is 15.8. The molecule has 0 N–H and O–H groups in total. The van der Waals surface area contributed by atoms with Crippen molar-refractivity contribution in [3.63, 3.8) is 0 Å². The summed E-state index contributed by atoms with van der Waals surface area (Å²) in [5.74, 6) is 0.939. The van der Waals surface area contributed by atoms with E-state index in [0.29, 0.717) is 0 Å². The Hall–Kier alpha value is -4.50. The average molecular weight is 583 g/mol. The van der Waals surface area contributed by atoms with Gasteiger partial charge >= 0.3 is 0 Å². The van der Waals surface area contributed by atoms with E-state index in [4.69, 9.17) is 4.74 Å². The molecule has 5 rings (SSSR count). The molecule has 0 aliphatic heterocycles. The van der Waals surface area contributed by atoms with Gasteiger partial charge in [-0.1, -0.05) is 66.4 Å². The summed E-state index contributed by atoms with van der Waals surface area (Å²) < 4.78 is 6.11. The topological polar surface area (TPSA) is 15.7 Å². The Kier molecular flexibility index (Phi) is 9.44. The Morgan fingerprint density at radius 1 is 0.455 bits per heavy atom. The molecule has 0 aromatic heterocycles. The quantitative estimate of drug-likeness (QED) is 0.152. The lowest BCUT2D eigenvalue weighted by atomic mass is 10.0. The summed E-state index contributed by atoms with van der Waals surface area (Å²) in [5.41, 5.74) is 15.6. The molecule has 0 radical (unpaired) electrons. The van der Waals surface area contributed by atoms with Crippen LogP contribution >= 0.6 is 0 Å². The van der Waals surface area contributed by atoms with E-state index in [2.05, 4.69) is 162 Å². The first-order chi connectivity index (χ1) is 21.2. The van der Waals surface area contributed by atoms with E-state index in [0.717, 1.165) is 47.9 Å². The summed E-state index contributed by atoms with van der Waals surface area (Å²) in [6.07, 6.45) is 2.18. The Bertz CT molecular complexity index is 1670. The standard InChI is InChI=1S/C41H46N2O/c1-9-10-23-44-39-26-33(7)41(34(8)27-39)43(36-17-13-29(3)14-18-36)38-21-19-37(20-22-38)42(35-15-11-28(2)12-16-35)40-31(5)24-30(4)25-32(40)6/h11-22,24-27H,9-10,23H2,1-8H3. The van der Waals surface area contributed by atoms with Crippen LogP contribution in [0.15, 0.2) is 97.1 Å². The zero-order valence-electron chi connectivity index (χ0n) is 27.7. The zero-order valence-corrected chi connectivity index (χ0v) is 27.7. The minimum absolute atomic E-state index is 0.745. The van der Waals surface area contributed by atoms with Crippen LogP contribution in [0.4, 0.5) is 34.1 Å². The fourth-order valence-electron chi connectivity index (χ4n) is 6.16. The van der Waals surface area contributed by atoms with Gasteiger partial charge in [0.1, 0.15) is 5.75 Å². The van der Waals surface area contributed by atoms with E-state index < -0.39 is 0 Å². The molecular weight excluding hydrogens is 536 g/mol. The molecule has 0 fully saturated rings. The van der Waals surface area contributed by atoms with Crippen LogP contribution in [0.25, 0.3) is 0 Å². The predicted octanol–water partition coefficient (Wildman–Crippen LogP) is 12.0. The van der Waals surface area contributed by atoms with Gasteiger partial charge in [0.2, 0.25) is 0 Å². The van der Waals surface area contributed by atoms with Gasteiger partial charge in [-0.15, -0.1) is 0 Å². The minimum Gasteiger partial charge on any atom is -0.494 e. The van der Waals surface area contributed by atoms with Gasteiger partial charge in [-0.05, 0) is 138 Å². The Morgan fingerprint density at radius 2 is 0.795 bits per heavy atom. The molecule has 0 amide bonds. The summed E-state index contributed by atoms with van der Waals surface area (Å²) in [6.45, 7) is 18.2. The molecule has 5 aromatic carbocycles. The molecule has 0 unspecified atom stereocenters. The highest BCUT2D eigenvalue weighted by atomic mass is 16.5. The zero-order chi connectivity index (χ0) is 31.4. The highest BCUT2D eigenvalue weighted by molar-refractivity contribution is 5.84. The Morgan fingerprint density at radius 3 is 1.16 bits per heavy atom. The third-order valence-corrected chi connectivity index (χ3v) is 8.26. The third kappa shape index (κ3) is 6.68. The maximum Gasteiger partial charge on any atom is 0.119 e. The first kappa shape index (κ1) is 30.9. The molecule has 0 saturated carbocycles. The van der Waals surface area contributed by atoms with Crippen molar-refractivity contribution in [1.82, 2.24) is 0 Å². The van der Waals surface area contributed by atoms with E-state index in [1.165, 1.54) is 50.3 Å². The molecule has 0 aliphatic rings. The molecule has 226 valence electrons. The average Bonchev–Trinajstić information content (AvgIpc) is 2.98. The fourth-order valence-corrected chi connectivity index (χ4v) is 6.16. The second-order valence-corrected chi connectivity index (χ2v) is 12.2. The highest BCUT2D eigenvalue weighted by Gasteiger charge is 2.21. The number of hydrogen-bond donors (Lipinski definition) is 0. The van der Waals surface area contributed by atoms with Crippen molar-refractivity contribution < 1.29 is 4.74 Å². The van der Waals surface area contributed by atoms with Gasteiger partial charge in [0.15, 0.2) is 0 Å². The number of anilines is 6. The Balaban J connectivity index is 1.62. The van der Waals surface area contributed by atoms with E-state index in [1.807, 2.05) is 0 Å². The van der Waals surface area contributed by atoms with Gasteiger partial charge < -0.3 is 14.5 Å². The largest absolute Gasteiger partial charge is 0.494 e. The van der Waals surface area contributed by atoms with Crippen LogP contribution in [-0.4, -0.2) is 6.61 Å². The van der Waals surface area contributed by atoms with Crippen molar-refractivity contribution >= 4 is 34.1 Å². The number of ether oxygens (including phenoxy) is 1. The number of unbranched alkanes of at least 4 members (excludes halogenated alkanes) is 1. The molecule has 44 heavy (non-hydrogen) atoms. The molecule has 0 saturated heterocycles. The predicted molar refractivity (Wildman–Crippen MR) is 189 cm³/mol. The van der Waals surface area contributed by atoms with Crippen molar-refractivity contribution in [3.05, 3.63) is 136 Å². The van der Waals surface area contributed by atoms with Crippen LogP contribution in [0.2, 0.25) is 0 Å². The van der Waals surface area contributed by atoms with Gasteiger partial charge in [0, 0.05) is 22.7 Å². The molecule has 0 spiro atoms. The number of nitrogens with zero attached hydrogens (tertiary/aromatic N) is 2. The molecule has 5 aromatic rings. The van der Waals surface area contributed by atoms with E-state index >= 15 is 0 Å². The van der Waals surface area contributed by atoms with Gasteiger partial charge in [-0.25, -0.2) is 0 Å². The van der Waals surface area contributed by atoms with Crippen LogP contribution in [0.3, 0.4) is 0 Å². The number of aryl methyl sites for hydroxylation is 7. The normalized spacial score (nSPS) is 11.0. The second kappa shape index (κ2) is 13.4. The van der Waals surface area contributed by atoms with E-state index in [9.17, 15) is 0 Å². The lowest BCUT2D eigenvalue weighted by molar-refractivity contribution is 0.309. The van der Waals surface area contributed by atoms with Crippen LogP contribution in [0.1, 0.15) is 58.7 Å². The smallest absolute Gasteiger partial charge is 0.119 e.